The zero-order valence-electron chi connectivity index (χ0n) is 39.5. The van der Waals surface area contributed by atoms with E-state index in [9.17, 15) is 38.7 Å². The molecule has 0 saturated carbocycles. The standard InChI is InChI=1S/C56H49NO17/c1-34(58)57-43-46(71-52(62)38-26-14-5-15-27-38)44(41(68-55(43)65)32-66-49(59)35-20-8-2-9-21-35)74-56-48(73-54(64)40-30-18-7-19-31-40)47(72-53(63)39-28-16-6-17-29-39)45(70-51(61)37-24-12-4-13-25-37)42(69-56)33-67-50(60)36-22-10-3-11-23-36/h2-31,41-48,55-56,65H,32-33H2,1H3,(H,57,58)/t41-,42-,43-,44-,45+,46-,47+,48-,55+,56+/m1/s1. The summed E-state index contributed by atoms with van der Waals surface area (Å²) in [5.74, 6) is -6.28. The number of benzene rings is 6. The van der Waals surface area contributed by atoms with Gasteiger partial charge in [0.05, 0.1) is 33.4 Å². The van der Waals surface area contributed by atoms with E-state index >= 15 is 0 Å². The van der Waals surface area contributed by atoms with Crippen LogP contribution in [0.3, 0.4) is 0 Å². The Morgan fingerprint density at radius 3 is 1.08 bits per heavy atom. The Labute approximate surface area is 424 Å². The molecule has 2 aliphatic heterocycles. The normalized spacial score (nSPS) is 23.2. The van der Waals surface area contributed by atoms with Crippen molar-refractivity contribution in [2.75, 3.05) is 13.2 Å². The molecule has 0 aliphatic carbocycles. The lowest BCUT2D eigenvalue weighted by Crippen LogP contribution is -2.69. The average molecular weight is 1010 g/mol. The Balaban J connectivity index is 1.26. The minimum Gasteiger partial charge on any atom is -0.459 e. The molecule has 6 aromatic rings. The fourth-order valence-electron chi connectivity index (χ4n) is 8.12. The third kappa shape index (κ3) is 13.1. The highest BCUT2D eigenvalue weighted by Gasteiger charge is 2.57. The fourth-order valence-corrected chi connectivity index (χ4v) is 8.12. The number of amides is 1. The van der Waals surface area contributed by atoms with Crippen molar-refractivity contribution in [2.45, 2.75) is 68.3 Å². The molecule has 2 saturated heterocycles. The summed E-state index contributed by atoms with van der Waals surface area (Å²) in [7, 11) is 0. The molecular weight excluding hydrogens is 959 g/mol. The van der Waals surface area contributed by atoms with Crippen LogP contribution >= 0.6 is 0 Å². The van der Waals surface area contributed by atoms with Crippen LogP contribution in [0.4, 0.5) is 0 Å². The van der Waals surface area contributed by atoms with Crippen LogP contribution < -0.4 is 5.32 Å². The van der Waals surface area contributed by atoms with E-state index in [1.165, 1.54) is 72.8 Å². The van der Waals surface area contributed by atoms with Gasteiger partial charge in [-0.2, -0.15) is 0 Å². The van der Waals surface area contributed by atoms with Gasteiger partial charge in [-0.15, -0.1) is 0 Å². The van der Waals surface area contributed by atoms with E-state index in [-0.39, 0.29) is 33.4 Å². The average Bonchev–Trinajstić information content (AvgIpc) is 3.43. The summed E-state index contributed by atoms with van der Waals surface area (Å²) < 4.78 is 55.6. The van der Waals surface area contributed by atoms with E-state index in [0.717, 1.165) is 6.92 Å². The molecule has 18 heteroatoms. The van der Waals surface area contributed by atoms with Crippen LogP contribution in [-0.2, 0) is 47.4 Å². The Morgan fingerprint density at radius 2 is 0.716 bits per heavy atom. The summed E-state index contributed by atoms with van der Waals surface area (Å²) >= 11 is 0. The zero-order valence-corrected chi connectivity index (χ0v) is 39.5. The molecular formula is C56H49NO17. The van der Waals surface area contributed by atoms with Crippen molar-refractivity contribution in [2.24, 2.45) is 0 Å². The maximum Gasteiger partial charge on any atom is 0.338 e. The molecule has 0 unspecified atom stereocenters. The first-order valence-corrected chi connectivity index (χ1v) is 23.3. The second-order valence-corrected chi connectivity index (χ2v) is 16.8. The molecule has 8 rings (SSSR count). The van der Waals surface area contributed by atoms with E-state index in [1.807, 2.05) is 0 Å². The molecule has 0 aromatic heterocycles. The molecule has 6 aromatic carbocycles. The first kappa shape index (κ1) is 51.8. The van der Waals surface area contributed by atoms with E-state index in [1.54, 1.807) is 109 Å². The van der Waals surface area contributed by atoms with Crippen LogP contribution in [0.25, 0.3) is 0 Å². The van der Waals surface area contributed by atoms with Gasteiger partial charge < -0.3 is 53.1 Å². The van der Waals surface area contributed by atoms with Crippen molar-refractivity contribution >= 4 is 41.7 Å². The lowest BCUT2D eigenvalue weighted by Gasteiger charge is -2.48. The number of esters is 6. The minimum absolute atomic E-state index is 0.00587. The van der Waals surface area contributed by atoms with Crippen molar-refractivity contribution in [1.82, 2.24) is 5.32 Å². The van der Waals surface area contributed by atoms with Crippen LogP contribution in [0.15, 0.2) is 182 Å². The van der Waals surface area contributed by atoms with Crippen molar-refractivity contribution in [3.8, 4) is 0 Å². The number of ether oxygens (including phenoxy) is 9. The number of hydrogen-bond donors (Lipinski definition) is 2. The smallest absolute Gasteiger partial charge is 0.338 e. The van der Waals surface area contributed by atoms with Crippen molar-refractivity contribution in [1.29, 1.82) is 0 Å². The number of carbonyl (C=O) groups excluding carboxylic acids is 7. The molecule has 380 valence electrons. The molecule has 74 heavy (non-hydrogen) atoms. The lowest BCUT2D eigenvalue weighted by atomic mass is 9.94. The molecule has 0 bridgehead atoms. The summed E-state index contributed by atoms with van der Waals surface area (Å²) in [5.41, 5.74) is 0.390. The second kappa shape index (κ2) is 24.7. The van der Waals surface area contributed by atoms with Crippen LogP contribution in [0, 0.1) is 0 Å². The molecule has 0 radical (unpaired) electrons. The Morgan fingerprint density at radius 1 is 0.405 bits per heavy atom. The van der Waals surface area contributed by atoms with Crippen molar-refractivity contribution in [3.63, 3.8) is 0 Å². The molecule has 1 amide bonds. The van der Waals surface area contributed by atoms with E-state index in [0.29, 0.717) is 0 Å². The van der Waals surface area contributed by atoms with Crippen molar-refractivity contribution < 1.29 is 81.3 Å². The lowest BCUT2D eigenvalue weighted by molar-refractivity contribution is -0.342. The largest absolute Gasteiger partial charge is 0.459 e. The molecule has 18 nitrogen and oxygen atoms in total. The van der Waals surface area contributed by atoms with Gasteiger partial charge >= 0.3 is 35.8 Å². The van der Waals surface area contributed by atoms with Crippen molar-refractivity contribution in [3.05, 3.63) is 215 Å². The highest BCUT2D eigenvalue weighted by molar-refractivity contribution is 5.92. The molecule has 2 fully saturated rings. The van der Waals surface area contributed by atoms with Gasteiger partial charge in [0.15, 0.2) is 37.0 Å². The van der Waals surface area contributed by atoms with Gasteiger partial charge in [-0.3, -0.25) is 4.79 Å². The number of nitrogens with one attached hydrogen (secondary N) is 1. The highest BCUT2D eigenvalue weighted by atomic mass is 16.8. The van der Waals surface area contributed by atoms with E-state index in [4.69, 9.17) is 42.6 Å². The molecule has 0 spiro atoms. The molecule has 2 heterocycles. The van der Waals surface area contributed by atoms with Gasteiger partial charge in [-0.25, -0.2) is 28.8 Å². The Kier molecular flexibility index (Phi) is 17.3. The van der Waals surface area contributed by atoms with Crippen LogP contribution in [0.5, 0.6) is 0 Å². The highest BCUT2D eigenvalue weighted by Crippen LogP contribution is 2.36. The zero-order chi connectivity index (χ0) is 52.0. The maximum absolute atomic E-state index is 14.3. The van der Waals surface area contributed by atoms with Gasteiger partial charge in [0.2, 0.25) is 5.91 Å². The monoisotopic (exact) mass is 1010 g/mol. The first-order chi connectivity index (χ1) is 35.9. The van der Waals surface area contributed by atoms with Gasteiger partial charge in [0.1, 0.15) is 37.6 Å². The number of aliphatic hydroxyl groups excluding tert-OH is 1. The van der Waals surface area contributed by atoms with Gasteiger partial charge in [0, 0.05) is 6.92 Å². The Hall–Kier alpha value is -8.55. The number of rotatable bonds is 17. The maximum atomic E-state index is 14.3. The van der Waals surface area contributed by atoms with Crippen LogP contribution in [-0.4, -0.2) is 121 Å². The number of aliphatic hydroxyl groups is 1. The van der Waals surface area contributed by atoms with E-state index in [2.05, 4.69) is 5.32 Å². The first-order valence-electron chi connectivity index (χ1n) is 23.3. The molecule has 10 atom stereocenters. The SMILES string of the molecule is CC(=O)N[C@@H]1[C@@H](OC(=O)c2ccccc2)[C@H](O[C@@H]2O[C@H](COC(=O)c3ccccc3)[C@H](OC(=O)c3ccccc3)[C@H](OC(=O)c3ccccc3)[C@H]2OC(=O)c2ccccc2)[C@@H](COC(=O)c2ccccc2)O[C@@H]1O. The quantitative estimate of drug-likeness (QED) is 0.0795. The summed E-state index contributed by atoms with van der Waals surface area (Å²) in [6.07, 6.45) is -16.3. The van der Waals surface area contributed by atoms with Gasteiger partial charge in [-0.1, -0.05) is 109 Å². The topological polar surface area (TPSA) is 235 Å². The predicted molar refractivity (Wildman–Crippen MR) is 258 cm³/mol. The second-order valence-electron chi connectivity index (χ2n) is 16.8. The number of carbonyl (C=O) groups is 7. The predicted octanol–water partition coefficient (Wildman–Crippen LogP) is 5.93. The van der Waals surface area contributed by atoms with Crippen LogP contribution in [0.2, 0.25) is 0 Å². The third-order valence-electron chi connectivity index (χ3n) is 11.7. The summed E-state index contributed by atoms with van der Waals surface area (Å²) in [5, 5.41) is 14.1. The Bertz CT molecular complexity index is 2860. The fraction of sp³-hybridized carbons (Fsp3) is 0.232. The number of hydrogen-bond acceptors (Lipinski definition) is 17. The van der Waals surface area contributed by atoms with Gasteiger partial charge in [-0.05, 0) is 72.8 Å². The molecule has 2 aliphatic rings. The summed E-state index contributed by atoms with van der Waals surface area (Å²) in [6.45, 7) is -0.289. The van der Waals surface area contributed by atoms with E-state index < -0.39 is 116 Å². The summed E-state index contributed by atoms with van der Waals surface area (Å²) in [4.78, 5) is 96.7. The third-order valence-corrected chi connectivity index (χ3v) is 11.7. The van der Waals surface area contributed by atoms with Crippen LogP contribution in [0.1, 0.15) is 69.1 Å². The summed E-state index contributed by atoms with van der Waals surface area (Å²) in [6, 6.07) is 45.0. The molecule has 2 N–H and O–H groups in total. The van der Waals surface area contributed by atoms with Gasteiger partial charge in [0.25, 0.3) is 0 Å². The minimum atomic E-state index is -2.02.